The van der Waals surface area contributed by atoms with E-state index in [4.69, 9.17) is 5.26 Å². The van der Waals surface area contributed by atoms with Crippen molar-refractivity contribution in [1.29, 1.82) is 5.26 Å². The van der Waals surface area contributed by atoms with Gasteiger partial charge in [0.2, 0.25) is 15.9 Å². The molecule has 0 aromatic heterocycles. The lowest BCUT2D eigenvalue weighted by atomic mass is 9.97. The van der Waals surface area contributed by atoms with Gasteiger partial charge >= 0.3 is 0 Å². The van der Waals surface area contributed by atoms with E-state index in [2.05, 4.69) is 19.2 Å². The Labute approximate surface area is 149 Å². The third-order valence-electron chi connectivity index (χ3n) is 4.47. The van der Waals surface area contributed by atoms with Gasteiger partial charge in [-0.15, -0.1) is 0 Å². The molecule has 0 unspecified atom stereocenters. The van der Waals surface area contributed by atoms with Crippen LogP contribution in [0.4, 0.5) is 0 Å². The van der Waals surface area contributed by atoms with Gasteiger partial charge in [-0.25, -0.2) is 8.42 Å². The van der Waals surface area contributed by atoms with E-state index < -0.39 is 10.0 Å². The fraction of sp³-hybridized carbons (Fsp3) is 0.556. The monoisotopic (exact) mass is 363 g/mol. The van der Waals surface area contributed by atoms with Gasteiger partial charge in [-0.3, -0.25) is 4.79 Å². The van der Waals surface area contributed by atoms with Crippen LogP contribution in [-0.2, 0) is 14.8 Å². The zero-order chi connectivity index (χ0) is 18.4. The summed E-state index contributed by atoms with van der Waals surface area (Å²) < 4.78 is 26.9. The highest BCUT2D eigenvalue weighted by Crippen LogP contribution is 2.25. The molecule has 1 amide bonds. The third-order valence-corrected chi connectivity index (χ3v) is 6.43. The highest BCUT2D eigenvalue weighted by atomic mass is 32.2. The predicted octanol–water partition coefficient (Wildman–Crippen LogP) is 2.12. The number of nitrogens with one attached hydrogen (secondary N) is 1. The number of benzene rings is 1. The van der Waals surface area contributed by atoms with Crippen LogP contribution >= 0.6 is 0 Å². The summed E-state index contributed by atoms with van der Waals surface area (Å²) in [7, 11) is -3.70. The zero-order valence-electron chi connectivity index (χ0n) is 14.7. The fourth-order valence-electron chi connectivity index (χ4n) is 2.91. The molecule has 1 heterocycles. The Bertz CT molecular complexity index is 745. The number of nitrogens with zero attached hydrogens (tertiary/aromatic N) is 2. The fourth-order valence-corrected chi connectivity index (χ4v) is 4.52. The molecular formula is C18H25N3O3S. The molecule has 1 N–H and O–H groups in total. The first kappa shape index (κ1) is 19.4. The van der Waals surface area contributed by atoms with Crippen molar-refractivity contribution < 1.29 is 13.2 Å². The predicted molar refractivity (Wildman–Crippen MR) is 95.1 cm³/mol. The summed E-state index contributed by atoms with van der Waals surface area (Å²) in [6.07, 6.45) is 1.94. The molecule has 0 saturated carbocycles. The van der Waals surface area contributed by atoms with Crippen molar-refractivity contribution in [3.63, 3.8) is 0 Å². The average molecular weight is 363 g/mol. The smallest absolute Gasteiger partial charge is 0.244 e. The molecule has 6 nitrogen and oxygen atoms in total. The first-order valence-electron chi connectivity index (χ1n) is 8.63. The summed E-state index contributed by atoms with van der Waals surface area (Å²) in [4.78, 5) is 12.2. The van der Waals surface area contributed by atoms with Crippen molar-refractivity contribution in [3.8, 4) is 6.07 Å². The minimum atomic E-state index is -3.70. The maximum absolute atomic E-state index is 12.8. The molecule has 0 aliphatic carbocycles. The molecule has 25 heavy (non-hydrogen) atoms. The molecular weight excluding hydrogens is 338 g/mol. The van der Waals surface area contributed by atoms with Crippen molar-refractivity contribution in [3.05, 3.63) is 29.8 Å². The number of piperidine rings is 1. The van der Waals surface area contributed by atoms with Crippen molar-refractivity contribution >= 4 is 15.9 Å². The molecule has 2 rings (SSSR count). The first-order valence-corrected chi connectivity index (χ1v) is 10.1. The van der Waals surface area contributed by atoms with Crippen LogP contribution in [0.1, 0.15) is 38.7 Å². The van der Waals surface area contributed by atoms with Crippen molar-refractivity contribution in [2.75, 3.05) is 19.6 Å². The van der Waals surface area contributed by atoms with E-state index in [-0.39, 0.29) is 22.3 Å². The zero-order valence-corrected chi connectivity index (χ0v) is 15.6. The Balaban J connectivity index is 1.97. The van der Waals surface area contributed by atoms with Gasteiger partial charge < -0.3 is 5.32 Å². The molecule has 1 fully saturated rings. The van der Waals surface area contributed by atoms with Gasteiger partial charge in [0.25, 0.3) is 0 Å². The summed E-state index contributed by atoms with van der Waals surface area (Å²) in [5.74, 6) is 0.396. The maximum Gasteiger partial charge on any atom is 0.244 e. The van der Waals surface area contributed by atoms with Crippen LogP contribution in [0.15, 0.2) is 29.2 Å². The number of hydrogen-bond acceptors (Lipinski definition) is 4. The van der Waals surface area contributed by atoms with Gasteiger partial charge in [0.05, 0.1) is 10.5 Å². The molecule has 1 aliphatic heterocycles. The Morgan fingerprint density at radius 2 is 1.96 bits per heavy atom. The number of carbonyl (C=O) groups excluding carboxylic acids is 1. The van der Waals surface area contributed by atoms with E-state index >= 15 is 0 Å². The Hall–Kier alpha value is -1.91. The molecule has 7 heteroatoms. The average Bonchev–Trinajstić information content (AvgIpc) is 2.61. The minimum absolute atomic E-state index is 0.00937. The quantitative estimate of drug-likeness (QED) is 0.838. The number of rotatable bonds is 6. The molecule has 0 radical (unpaired) electrons. The summed E-state index contributed by atoms with van der Waals surface area (Å²) in [5.41, 5.74) is 0.149. The van der Waals surface area contributed by atoms with Gasteiger partial charge in [0.15, 0.2) is 0 Å². The summed E-state index contributed by atoms with van der Waals surface area (Å²) in [6, 6.07) is 8.15. The van der Waals surface area contributed by atoms with E-state index in [1.54, 1.807) is 12.1 Å². The van der Waals surface area contributed by atoms with Crippen molar-refractivity contribution in [1.82, 2.24) is 9.62 Å². The second kappa shape index (κ2) is 8.45. The third kappa shape index (κ3) is 4.80. The van der Waals surface area contributed by atoms with Gasteiger partial charge in [-0.1, -0.05) is 26.0 Å². The molecule has 1 aliphatic rings. The lowest BCUT2D eigenvalue weighted by Gasteiger charge is -2.30. The second-order valence-electron chi connectivity index (χ2n) is 6.76. The molecule has 136 valence electrons. The topological polar surface area (TPSA) is 90.3 Å². The van der Waals surface area contributed by atoms with Gasteiger partial charge in [0, 0.05) is 25.6 Å². The molecule has 0 spiro atoms. The lowest BCUT2D eigenvalue weighted by molar-refractivity contribution is -0.126. The molecule has 1 aromatic carbocycles. The first-order chi connectivity index (χ1) is 11.9. The molecule has 1 saturated heterocycles. The Morgan fingerprint density at radius 3 is 2.56 bits per heavy atom. The van der Waals surface area contributed by atoms with E-state index in [9.17, 15) is 13.2 Å². The van der Waals surface area contributed by atoms with Crippen molar-refractivity contribution in [2.45, 2.75) is 38.0 Å². The molecule has 0 bridgehead atoms. The Kier molecular flexibility index (Phi) is 6.57. The number of amides is 1. The second-order valence-corrected chi connectivity index (χ2v) is 8.67. The SMILES string of the molecule is CC(C)CCNC(=O)C1CCN(S(=O)(=O)c2ccccc2C#N)CC1. The maximum atomic E-state index is 12.8. The van der Waals surface area contributed by atoms with Gasteiger partial charge in [-0.05, 0) is 37.3 Å². The lowest BCUT2D eigenvalue weighted by Crippen LogP contribution is -2.43. The largest absolute Gasteiger partial charge is 0.356 e. The van der Waals surface area contributed by atoms with Crippen LogP contribution in [0.2, 0.25) is 0 Å². The number of carbonyl (C=O) groups is 1. The Morgan fingerprint density at radius 1 is 1.32 bits per heavy atom. The van der Waals surface area contributed by atoms with E-state index in [1.165, 1.54) is 16.4 Å². The number of hydrogen-bond donors (Lipinski definition) is 1. The summed E-state index contributed by atoms with van der Waals surface area (Å²) in [5, 5.41) is 12.1. The highest BCUT2D eigenvalue weighted by molar-refractivity contribution is 7.89. The minimum Gasteiger partial charge on any atom is -0.356 e. The van der Waals surface area contributed by atoms with Crippen LogP contribution in [0, 0.1) is 23.2 Å². The van der Waals surface area contributed by atoms with Crippen LogP contribution in [0.3, 0.4) is 0 Å². The van der Waals surface area contributed by atoms with Crippen molar-refractivity contribution in [2.24, 2.45) is 11.8 Å². The molecule has 1 aromatic rings. The van der Waals surface area contributed by atoms with E-state index in [1.807, 2.05) is 6.07 Å². The van der Waals surface area contributed by atoms with Gasteiger partial charge in [-0.2, -0.15) is 9.57 Å². The van der Waals surface area contributed by atoms with Gasteiger partial charge in [0.1, 0.15) is 6.07 Å². The highest BCUT2D eigenvalue weighted by Gasteiger charge is 2.33. The standard InChI is InChI=1S/C18H25N3O3S/c1-14(2)7-10-20-18(22)15-8-11-21(12-9-15)25(23,24)17-6-4-3-5-16(17)13-19/h3-6,14-15H,7-12H2,1-2H3,(H,20,22). The van der Waals surface area contributed by atoms with E-state index in [0.29, 0.717) is 38.4 Å². The number of sulfonamides is 1. The normalized spacial score (nSPS) is 16.6. The number of nitriles is 1. The molecule has 0 atom stereocenters. The van der Waals surface area contributed by atoms with Crippen LogP contribution in [0.5, 0.6) is 0 Å². The van der Waals surface area contributed by atoms with Crippen LogP contribution in [-0.4, -0.2) is 38.3 Å². The van der Waals surface area contributed by atoms with Crippen LogP contribution < -0.4 is 5.32 Å². The summed E-state index contributed by atoms with van der Waals surface area (Å²) >= 11 is 0. The summed E-state index contributed by atoms with van der Waals surface area (Å²) in [6.45, 7) is 5.46. The van der Waals surface area contributed by atoms with Crippen LogP contribution in [0.25, 0.3) is 0 Å². The van der Waals surface area contributed by atoms with E-state index in [0.717, 1.165) is 6.42 Å².